The van der Waals surface area contributed by atoms with Crippen molar-refractivity contribution in [1.82, 2.24) is 5.32 Å². The first-order valence-corrected chi connectivity index (χ1v) is 10.0. The molecule has 2 aromatic carbocycles. The molecule has 0 heterocycles. The van der Waals surface area contributed by atoms with Gasteiger partial charge in [-0.3, -0.25) is 19.8 Å². The van der Waals surface area contributed by atoms with Crippen LogP contribution in [-0.4, -0.2) is 55.3 Å². The van der Waals surface area contributed by atoms with E-state index in [1.165, 1.54) is 55.5 Å². The number of rotatable bonds is 11. The molecule has 1 amide bonds. The van der Waals surface area contributed by atoms with Crippen molar-refractivity contribution < 1.29 is 33.4 Å². The molecule has 1 unspecified atom stereocenters. The SMILES string of the molecule is CCOC(=O)COc1ccc(C(=O)C(COC(C)=O)NC(=O)c2ccc(C(=N)N)cc2)cc1. The molecule has 0 aromatic heterocycles. The third-order valence-corrected chi connectivity index (χ3v) is 4.33. The van der Waals surface area contributed by atoms with Gasteiger partial charge in [0.05, 0.1) is 6.61 Å². The fourth-order valence-corrected chi connectivity index (χ4v) is 2.69. The van der Waals surface area contributed by atoms with Gasteiger partial charge in [-0.1, -0.05) is 12.1 Å². The summed E-state index contributed by atoms with van der Waals surface area (Å²) in [6.07, 6.45) is 0. The predicted octanol–water partition coefficient (Wildman–Crippen LogP) is 1.46. The molecule has 33 heavy (non-hydrogen) atoms. The highest BCUT2D eigenvalue weighted by Gasteiger charge is 2.24. The number of nitrogen functional groups attached to an aromatic ring is 1. The quantitative estimate of drug-likeness (QED) is 0.199. The molecule has 2 aromatic rings. The molecule has 10 heteroatoms. The van der Waals surface area contributed by atoms with E-state index in [9.17, 15) is 19.2 Å². The fraction of sp³-hybridized carbons (Fsp3) is 0.261. The van der Waals surface area contributed by atoms with E-state index < -0.39 is 29.7 Å². The summed E-state index contributed by atoms with van der Waals surface area (Å²) in [5.74, 6) is -1.95. The van der Waals surface area contributed by atoms with Gasteiger partial charge < -0.3 is 25.3 Å². The third kappa shape index (κ3) is 7.76. The van der Waals surface area contributed by atoms with Crippen molar-refractivity contribution >= 4 is 29.5 Å². The molecule has 0 saturated heterocycles. The maximum atomic E-state index is 13.0. The van der Waals surface area contributed by atoms with E-state index >= 15 is 0 Å². The molecule has 1 atom stereocenters. The summed E-state index contributed by atoms with van der Waals surface area (Å²) in [7, 11) is 0. The molecular weight excluding hydrogens is 430 g/mol. The van der Waals surface area contributed by atoms with Crippen LogP contribution in [0.25, 0.3) is 0 Å². The van der Waals surface area contributed by atoms with Crippen LogP contribution in [0.3, 0.4) is 0 Å². The van der Waals surface area contributed by atoms with Gasteiger partial charge in [-0.2, -0.15) is 0 Å². The minimum absolute atomic E-state index is 0.139. The van der Waals surface area contributed by atoms with Crippen LogP contribution in [0.1, 0.15) is 40.1 Å². The lowest BCUT2D eigenvalue weighted by Crippen LogP contribution is -2.44. The van der Waals surface area contributed by atoms with Gasteiger partial charge >= 0.3 is 11.9 Å². The number of ketones is 1. The largest absolute Gasteiger partial charge is 0.482 e. The van der Waals surface area contributed by atoms with Gasteiger partial charge in [0.15, 0.2) is 12.4 Å². The molecule has 2 rings (SSSR count). The van der Waals surface area contributed by atoms with Crippen LogP contribution in [0.15, 0.2) is 48.5 Å². The molecule has 0 spiro atoms. The number of hydrogen-bond acceptors (Lipinski definition) is 8. The van der Waals surface area contributed by atoms with Gasteiger partial charge in [0.25, 0.3) is 5.91 Å². The molecule has 0 aliphatic rings. The number of carbonyl (C=O) groups is 4. The molecule has 0 aliphatic heterocycles. The van der Waals surface area contributed by atoms with Gasteiger partial charge in [0.1, 0.15) is 24.2 Å². The zero-order valence-electron chi connectivity index (χ0n) is 18.3. The van der Waals surface area contributed by atoms with Crippen molar-refractivity contribution in [2.24, 2.45) is 5.73 Å². The maximum absolute atomic E-state index is 13.0. The van der Waals surface area contributed by atoms with Crippen molar-refractivity contribution in [2.45, 2.75) is 19.9 Å². The number of amidine groups is 1. The van der Waals surface area contributed by atoms with Crippen molar-refractivity contribution in [1.29, 1.82) is 5.41 Å². The number of hydrogen-bond donors (Lipinski definition) is 3. The Labute approximate surface area is 190 Å². The Kier molecular flexibility index (Phi) is 9.10. The first-order valence-electron chi connectivity index (χ1n) is 10.0. The van der Waals surface area contributed by atoms with Gasteiger partial charge in [0, 0.05) is 23.6 Å². The molecule has 0 radical (unpaired) electrons. The lowest BCUT2D eigenvalue weighted by Gasteiger charge is -2.18. The van der Waals surface area contributed by atoms with E-state index in [0.717, 1.165) is 0 Å². The zero-order chi connectivity index (χ0) is 24.4. The molecular formula is C23H25N3O7. The lowest BCUT2D eigenvalue weighted by atomic mass is 10.0. The van der Waals surface area contributed by atoms with Crippen molar-refractivity contribution in [2.75, 3.05) is 19.8 Å². The van der Waals surface area contributed by atoms with Gasteiger partial charge in [-0.05, 0) is 43.3 Å². The number of carbonyl (C=O) groups excluding carboxylic acids is 4. The summed E-state index contributed by atoms with van der Waals surface area (Å²) in [4.78, 5) is 48.2. The summed E-state index contributed by atoms with van der Waals surface area (Å²) in [6, 6.07) is 10.7. The second kappa shape index (κ2) is 12.0. The zero-order valence-corrected chi connectivity index (χ0v) is 18.3. The molecule has 0 fully saturated rings. The average molecular weight is 455 g/mol. The molecule has 0 aliphatic carbocycles. The summed E-state index contributed by atoms with van der Waals surface area (Å²) in [5.41, 5.74) is 6.33. The van der Waals surface area contributed by atoms with E-state index in [0.29, 0.717) is 11.3 Å². The van der Waals surface area contributed by atoms with Gasteiger partial charge in [-0.25, -0.2) is 4.79 Å². The monoisotopic (exact) mass is 455 g/mol. The Morgan fingerprint density at radius 2 is 1.52 bits per heavy atom. The van der Waals surface area contributed by atoms with Crippen molar-refractivity contribution in [3.05, 3.63) is 65.2 Å². The van der Waals surface area contributed by atoms with Crippen LogP contribution in [0.2, 0.25) is 0 Å². The number of ether oxygens (including phenoxy) is 3. The third-order valence-electron chi connectivity index (χ3n) is 4.33. The Morgan fingerprint density at radius 3 is 2.06 bits per heavy atom. The lowest BCUT2D eigenvalue weighted by molar-refractivity contribution is -0.145. The molecule has 10 nitrogen and oxygen atoms in total. The minimum Gasteiger partial charge on any atom is -0.482 e. The van der Waals surface area contributed by atoms with Crippen LogP contribution in [0.5, 0.6) is 5.75 Å². The number of nitrogens with one attached hydrogen (secondary N) is 2. The number of Topliss-reactive ketones (excluding diaryl/α,β-unsaturated/α-hetero) is 1. The van der Waals surface area contributed by atoms with E-state index in [1.807, 2.05) is 0 Å². The highest BCUT2D eigenvalue weighted by molar-refractivity contribution is 6.05. The van der Waals surface area contributed by atoms with Crippen molar-refractivity contribution in [3.8, 4) is 5.75 Å². The smallest absolute Gasteiger partial charge is 0.344 e. The molecule has 0 saturated carbocycles. The number of nitrogens with two attached hydrogens (primary N) is 1. The van der Waals surface area contributed by atoms with Crippen LogP contribution in [-0.2, 0) is 19.1 Å². The van der Waals surface area contributed by atoms with Crippen LogP contribution in [0.4, 0.5) is 0 Å². The van der Waals surface area contributed by atoms with Gasteiger partial charge in [0.2, 0.25) is 0 Å². The Morgan fingerprint density at radius 1 is 0.939 bits per heavy atom. The van der Waals surface area contributed by atoms with E-state index in [1.54, 1.807) is 6.92 Å². The Bertz CT molecular complexity index is 1020. The van der Waals surface area contributed by atoms with Crippen LogP contribution < -0.4 is 15.8 Å². The van der Waals surface area contributed by atoms with Gasteiger partial charge in [-0.15, -0.1) is 0 Å². The highest BCUT2D eigenvalue weighted by Crippen LogP contribution is 2.14. The summed E-state index contributed by atoms with van der Waals surface area (Å²) in [6.45, 7) is 2.50. The maximum Gasteiger partial charge on any atom is 0.344 e. The van der Waals surface area contributed by atoms with E-state index in [2.05, 4.69) is 5.32 Å². The fourth-order valence-electron chi connectivity index (χ4n) is 2.69. The molecule has 174 valence electrons. The van der Waals surface area contributed by atoms with E-state index in [4.69, 9.17) is 25.4 Å². The summed E-state index contributed by atoms with van der Waals surface area (Å²) < 4.78 is 15.0. The average Bonchev–Trinajstić information content (AvgIpc) is 2.80. The number of amides is 1. The summed E-state index contributed by atoms with van der Waals surface area (Å²) >= 11 is 0. The number of esters is 2. The van der Waals surface area contributed by atoms with Crippen LogP contribution in [0, 0.1) is 5.41 Å². The second-order valence-corrected chi connectivity index (χ2v) is 6.80. The second-order valence-electron chi connectivity index (χ2n) is 6.80. The highest BCUT2D eigenvalue weighted by atomic mass is 16.6. The minimum atomic E-state index is -1.14. The normalized spacial score (nSPS) is 11.1. The summed E-state index contributed by atoms with van der Waals surface area (Å²) in [5, 5.41) is 9.97. The Balaban J connectivity index is 2.11. The predicted molar refractivity (Wildman–Crippen MR) is 118 cm³/mol. The number of benzene rings is 2. The van der Waals surface area contributed by atoms with E-state index in [-0.39, 0.29) is 36.8 Å². The Hall–Kier alpha value is -4.21. The topological polar surface area (TPSA) is 158 Å². The molecule has 4 N–H and O–H groups in total. The van der Waals surface area contributed by atoms with Crippen molar-refractivity contribution in [3.63, 3.8) is 0 Å². The molecule has 0 bridgehead atoms. The first-order chi connectivity index (χ1) is 15.7. The standard InChI is InChI=1S/C23H25N3O7/c1-3-31-20(28)13-33-18-10-8-15(9-11-18)21(29)19(12-32-14(2)27)26-23(30)17-6-4-16(5-7-17)22(24)25/h4-11,19H,3,12-13H2,1-2H3,(H3,24,25)(H,26,30). The van der Waals surface area contributed by atoms with Crippen LogP contribution >= 0.6 is 0 Å². The first kappa shape index (κ1) is 25.1.